The Balaban J connectivity index is 2.01. The average molecular weight is 268 g/mol. The molecular weight excluding hydrogens is 240 g/mol. The maximum atomic E-state index is 12.1. The van der Waals surface area contributed by atoms with E-state index in [1.807, 2.05) is 6.92 Å². The van der Waals surface area contributed by atoms with Crippen LogP contribution in [0.4, 0.5) is 0 Å². The maximum absolute atomic E-state index is 12.1. The van der Waals surface area contributed by atoms with Gasteiger partial charge >= 0.3 is 5.97 Å². The number of hydrogen-bond donors (Lipinski definition) is 1. The highest BCUT2D eigenvalue weighted by molar-refractivity contribution is 5.80. The minimum absolute atomic E-state index is 0.131. The van der Waals surface area contributed by atoms with E-state index >= 15 is 0 Å². The molecule has 2 saturated carbocycles. The number of carbonyl (C=O) groups excluding carboxylic acids is 1. The summed E-state index contributed by atoms with van der Waals surface area (Å²) in [4.78, 5) is 14.6. The number of esters is 1. The van der Waals surface area contributed by atoms with Crippen LogP contribution in [-0.2, 0) is 9.53 Å². The van der Waals surface area contributed by atoms with Crippen molar-refractivity contribution in [2.75, 3.05) is 20.2 Å². The Morgan fingerprint density at radius 3 is 2.42 bits per heavy atom. The van der Waals surface area contributed by atoms with Crippen LogP contribution in [0.5, 0.6) is 0 Å². The van der Waals surface area contributed by atoms with E-state index in [1.165, 1.54) is 32.8 Å². The summed E-state index contributed by atoms with van der Waals surface area (Å²) in [5.74, 6) is 0.497. The Kier molecular flexibility index (Phi) is 4.51. The molecule has 0 saturated heterocycles. The number of ether oxygens (including phenoxy) is 1. The van der Waals surface area contributed by atoms with Gasteiger partial charge in [0.2, 0.25) is 0 Å². The Hall–Kier alpha value is -0.610. The van der Waals surface area contributed by atoms with Crippen LogP contribution in [-0.4, -0.2) is 48.7 Å². The van der Waals surface area contributed by atoms with Gasteiger partial charge in [0, 0.05) is 25.2 Å². The third-order valence-corrected chi connectivity index (χ3v) is 3.92. The van der Waals surface area contributed by atoms with Gasteiger partial charge in [-0.25, -0.2) is 0 Å². The van der Waals surface area contributed by atoms with E-state index in [0.29, 0.717) is 18.0 Å². The zero-order valence-electron chi connectivity index (χ0n) is 12.7. The zero-order valence-corrected chi connectivity index (χ0v) is 12.7. The Morgan fingerprint density at radius 2 is 2.00 bits per heavy atom. The van der Waals surface area contributed by atoms with Crippen molar-refractivity contribution in [3.63, 3.8) is 0 Å². The third-order valence-electron chi connectivity index (χ3n) is 3.92. The van der Waals surface area contributed by atoms with E-state index in [-0.39, 0.29) is 5.97 Å². The second kappa shape index (κ2) is 5.80. The van der Waals surface area contributed by atoms with Crippen molar-refractivity contribution in [2.45, 2.75) is 64.1 Å². The number of nitrogens with zero attached hydrogens (tertiary/aromatic N) is 1. The van der Waals surface area contributed by atoms with Crippen molar-refractivity contribution in [3.05, 3.63) is 0 Å². The molecule has 0 aliphatic heterocycles. The summed E-state index contributed by atoms with van der Waals surface area (Å²) in [6.45, 7) is 8.29. The van der Waals surface area contributed by atoms with Crippen molar-refractivity contribution < 1.29 is 9.53 Å². The molecule has 0 bridgehead atoms. The number of methoxy groups -OCH3 is 1. The van der Waals surface area contributed by atoms with Crippen LogP contribution in [0.1, 0.15) is 46.5 Å². The lowest BCUT2D eigenvalue weighted by molar-refractivity contribution is -0.149. The molecule has 110 valence electrons. The van der Waals surface area contributed by atoms with Gasteiger partial charge in [-0.05, 0) is 38.5 Å². The topological polar surface area (TPSA) is 41.6 Å². The smallest absolute Gasteiger partial charge is 0.327 e. The molecule has 19 heavy (non-hydrogen) atoms. The van der Waals surface area contributed by atoms with E-state index in [4.69, 9.17) is 4.74 Å². The molecule has 2 rings (SSSR count). The van der Waals surface area contributed by atoms with Crippen molar-refractivity contribution in [1.29, 1.82) is 0 Å². The predicted molar refractivity (Wildman–Crippen MR) is 76.0 cm³/mol. The Labute approximate surface area is 116 Å². The second-order valence-corrected chi connectivity index (χ2v) is 6.80. The van der Waals surface area contributed by atoms with Crippen molar-refractivity contribution in [3.8, 4) is 0 Å². The van der Waals surface area contributed by atoms with Gasteiger partial charge in [0.1, 0.15) is 5.54 Å². The van der Waals surface area contributed by atoms with E-state index in [0.717, 1.165) is 13.1 Å². The first-order chi connectivity index (χ1) is 8.94. The molecule has 0 radical (unpaired) electrons. The van der Waals surface area contributed by atoms with Gasteiger partial charge < -0.3 is 4.74 Å². The molecule has 2 fully saturated rings. The molecule has 2 aliphatic carbocycles. The lowest BCUT2D eigenvalue weighted by Crippen LogP contribution is -2.58. The van der Waals surface area contributed by atoms with Crippen LogP contribution >= 0.6 is 0 Å². The van der Waals surface area contributed by atoms with Gasteiger partial charge in [0.15, 0.2) is 0 Å². The fourth-order valence-corrected chi connectivity index (χ4v) is 2.73. The fourth-order valence-electron chi connectivity index (χ4n) is 2.73. The molecule has 0 spiro atoms. The van der Waals surface area contributed by atoms with Crippen molar-refractivity contribution in [2.24, 2.45) is 5.92 Å². The average Bonchev–Trinajstić information content (AvgIpc) is 3.18. The van der Waals surface area contributed by atoms with Crippen LogP contribution in [0.2, 0.25) is 0 Å². The van der Waals surface area contributed by atoms with Crippen LogP contribution in [0.15, 0.2) is 0 Å². The number of carbonyl (C=O) groups is 1. The molecule has 2 aliphatic rings. The van der Waals surface area contributed by atoms with Crippen LogP contribution < -0.4 is 5.32 Å². The lowest BCUT2D eigenvalue weighted by atomic mass is 10.0. The molecule has 0 aromatic heterocycles. The second-order valence-electron chi connectivity index (χ2n) is 6.80. The van der Waals surface area contributed by atoms with E-state index in [1.54, 1.807) is 0 Å². The highest BCUT2D eigenvalue weighted by Gasteiger charge is 2.43. The van der Waals surface area contributed by atoms with Crippen LogP contribution in [0, 0.1) is 5.92 Å². The van der Waals surface area contributed by atoms with Gasteiger partial charge in [-0.2, -0.15) is 0 Å². The summed E-state index contributed by atoms with van der Waals surface area (Å²) >= 11 is 0. The molecule has 0 aromatic carbocycles. The standard InChI is InChI=1S/C15H28N2O2/c1-11(2)9-17(13-7-8-13)10-15(3,14(18)19-4)16-12-5-6-12/h11-13,16H,5-10H2,1-4H3. The molecule has 4 nitrogen and oxygen atoms in total. The third kappa shape index (κ3) is 4.18. The number of nitrogens with one attached hydrogen (secondary N) is 1. The minimum Gasteiger partial charge on any atom is -0.468 e. The van der Waals surface area contributed by atoms with E-state index in [9.17, 15) is 4.79 Å². The Bertz CT molecular complexity index is 324. The number of hydrogen-bond acceptors (Lipinski definition) is 4. The van der Waals surface area contributed by atoms with Crippen LogP contribution in [0.3, 0.4) is 0 Å². The van der Waals surface area contributed by atoms with E-state index in [2.05, 4.69) is 24.1 Å². The molecule has 4 heteroatoms. The highest BCUT2D eigenvalue weighted by Crippen LogP contribution is 2.30. The summed E-state index contributed by atoms with van der Waals surface area (Å²) < 4.78 is 5.02. The molecular formula is C15H28N2O2. The molecule has 1 N–H and O–H groups in total. The van der Waals surface area contributed by atoms with E-state index < -0.39 is 5.54 Å². The minimum atomic E-state index is -0.562. The summed E-state index contributed by atoms with van der Waals surface area (Å²) in [6.07, 6.45) is 4.90. The van der Waals surface area contributed by atoms with Gasteiger partial charge in [0.25, 0.3) is 0 Å². The summed E-state index contributed by atoms with van der Waals surface area (Å²) in [5.41, 5.74) is -0.562. The van der Waals surface area contributed by atoms with Gasteiger partial charge in [-0.15, -0.1) is 0 Å². The normalized spacial score (nSPS) is 22.6. The first-order valence-corrected chi connectivity index (χ1v) is 7.55. The highest BCUT2D eigenvalue weighted by atomic mass is 16.5. The maximum Gasteiger partial charge on any atom is 0.327 e. The summed E-state index contributed by atoms with van der Waals surface area (Å²) in [6, 6.07) is 1.18. The quantitative estimate of drug-likeness (QED) is 0.682. The van der Waals surface area contributed by atoms with Crippen LogP contribution in [0.25, 0.3) is 0 Å². The summed E-state index contributed by atoms with van der Waals surface area (Å²) in [5, 5.41) is 3.49. The fraction of sp³-hybridized carbons (Fsp3) is 0.933. The summed E-state index contributed by atoms with van der Waals surface area (Å²) in [7, 11) is 1.49. The van der Waals surface area contributed by atoms with Gasteiger partial charge in [-0.1, -0.05) is 13.8 Å². The van der Waals surface area contributed by atoms with Gasteiger partial charge in [0.05, 0.1) is 7.11 Å². The number of rotatable bonds is 8. The monoisotopic (exact) mass is 268 g/mol. The zero-order chi connectivity index (χ0) is 14.0. The molecule has 0 aromatic rings. The predicted octanol–water partition coefficient (Wildman–Crippen LogP) is 1.79. The first kappa shape index (κ1) is 14.8. The Morgan fingerprint density at radius 1 is 1.37 bits per heavy atom. The van der Waals surface area contributed by atoms with Crippen molar-refractivity contribution in [1.82, 2.24) is 10.2 Å². The molecule has 0 heterocycles. The molecule has 1 unspecified atom stereocenters. The molecule has 0 amide bonds. The van der Waals surface area contributed by atoms with Gasteiger partial charge in [-0.3, -0.25) is 15.0 Å². The lowest BCUT2D eigenvalue weighted by Gasteiger charge is -2.35. The first-order valence-electron chi connectivity index (χ1n) is 7.55. The van der Waals surface area contributed by atoms with Crippen molar-refractivity contribution >= 4 is 5.97 Å². The largest absolute Gasteiger partial charge is 0.468 e. The SMILES string of the molecule is COC(=O)C(C)(CN(CC(C)C)C1CC1)NC1CC1. The molecule has 1 atom stereocenters.